The molecule has 6 heteroatoms. The van der Waals surface area contributed by atoms with E-state index in [1.54, 1.807) is 31.4 Å². The molecule has 25 heavy (non-hydrogen) atoms. The van der Waals surface area contributed by atoms with E-state index >= 15 is 0 Å². The van der Waals surface area contributed by atoms with E-state index in [-0.39, 0.29) is 5.56 Å². The number of carbonyl (C=O) groups is 1. The molecule has 126 valence electrons. The Morgan fingerprint density at radius 3 is 2.44 bits per heavy atom. The molecule has 0 aliphatic rings. The van der Waals surface area contributed by atoms with Crippen molar-refractivity contribution in [2.75, 3.05) is 12.4 Å². The van der Waals surface area contributed by atoms with Gasteiger partial charge in [-0.25, -0.2) is 14.8 Å². The second kappa shape index (κ2) is 7.44. The molecule has 1 aromatic heterocycles. The number of rotatable bonds is 6. The fraction of sp³-hybridized carbons (Fsp3) is 0.105. The summed E-state index contributed by atoms with van der Waals surface area (Å²) in [6.07, 6.45) is 1.48. The highest BCUT2D eigenvalue weighted by molar-refractivity contribution is 5.88. The van der Waals surface area contributed by atoms with E-state index in [2.05, 4.69) is 15.3 Å². The first kappa shape index (κ1) is 16.4. The number of benzene rings is 2. The lowest BCUT2D eigenvalue weighted by Gasteiger charge is -2.08. The highest BCUT2D eigenvalue weighted by Crippen LogP contribution is 2.20. The molecule has 0 saturated heterocycles. The van der Waals surface area contributed by atoms with Crippen molar-refractivity contribution in [3.8, 4) is 17.0 Å². The molecule has 0 aliphatic carbocycles. The molecule has 0 saturated carbocycles. The number of carboxylic acids is 1. The number of nitrogens with zero attached hydrogens (tertiary/aromatic N) is 2. The van der Waals surface area contributed by atoms with Crippen LogP contribution in [0.25, 0.3) is 11.3 Å². The van der Waals surface area contributed by atoms with Crippen LogP contribution in [0.15, 0.2) is 60.9 Å². The van der Waals surface area contributed by atoms with Crippen molar-refractivity contribution in [3.63, 3.8) is 0 Å². The second-order valence-corrected chi connectivity index (χ2v) is 5.37. The topological polar surface area (TPSA) is 84.3 Å². The summed E-state index contributed by atoms with van der Waals surface area (Å²) in [6.45, 7) is 0.623. The van der Waals surface area contributed by atoms with E-state index in [1.165, 1.54) is 6.33 Å². The van der Waals surface area contributed by atoms with Crippen LogP contribution in [0.2, 0.25) is 0 Å². The molecule has 1 heterocycles. The van der Waals surface area contributed by atoms with Gasteiger partial charge in [0.15, 0.2) is 0 Å². The minimum Gasteiger partial charge on any atom is -0.497 e. The van der Waals surface area contributed by atoms with Gasteiger partial charge >= 0.3 is 5.97 Å². The summed E-state index contributed by atoms with van der Waals surface area (Å²) < 4.78 is 5.14. The quantitative estimate of drug-likeness (QED) is 0.717. The third-order valence-electron chi connectivity index (χ3n) is 3.73. The van der Waals surface area contributed by atoms with Crippen molar-refractivity contribution in [1.82, 2.24) is 9.97 Å². The van der Waals surface area contributed by atoms with Gasteiger partial charge in [-0.3, -0.25) is 0 Å². The Bertz CT molecular complexity index is 862. The van der Waals surface area contributed by atoms with Crippen molar-refractivity contribution in [2.45, 2.75) is 6.54 Å². The summed E-state index contributed by atoms with van der Waals surface area (Å²) in [6, 6.07) is 16.2. The van der Waals surface area contributed by atoms with Crippen molar-refractivity contribution in [3.05, 3.63) is 72.1 Å². The van der Waals surface area contributed by atoms with Gasteiger partial charge in [-0.2, -0.15) is 0 Å². The Hall–Kier alpha value is -3.41. The average Bonchev–Trinajstić information content (AvgIpc) is 2.67. The Morgan fingerprint density at radius 1 is 1.08 bits per heavy atom. The van der Waals surface area contributed by atoms with E-state index in [4.69, 9.17) is 9.84 Å². The molecule has 6 nitrogen and oxygen atoms in total. The zero-order valence-corrected chi connectivity index (χ0v) is 13.6. The summed E-state index contributed by atoms with van der Waals surface area (Å²) in [5.41, 5.74) is 2.91. The summed E-state index contributed by atoms with van der Waals surface area (Å²) >= 11 is 0. The normalized spacial score (nSPS) is 10.3. The molecule has 0 radical (unpaired) electrons. The monoisotopic (exact) mass is 335 g/mol. The van der Waals surface area contributed by atoms with E-state index in [0.29, 0.717) is 12.4 Å². The van der Waals surface area contributed by atoms with Gasteiger partial charge in [-0.05, 0) is 29.8 Å². The number of aromatic nitrogens is 2. The van der Waals surface area contributed by atoms with Crippen molar-refractivity contribution in [2.24, 2.45) is 0 Å². The number of hydrogen-bond donors (Lipinski definition) is 2. The second-order valence-electron chi connectivity index (χ2n) is 5.37. The predicted molar refractivity (Wildman–Crippen MR) is 94.7 cm³/mol. The van der Waals surface area contributed by atoms with E-state index < -0.39 is 5.97 Å². The van der Waals surface area contributed by atoms with Crippen LogP contribution in [0.3, 0.4) is 0 Å². The predicted octanol–water partition coefficient (Wildman–Crippen LogP) is 3.46. The molecule has 0 amide bonds. The minimum absolute atomic E-state index is 0.246. The van der Waals surface area contributed by atoms with E-state index in [0.717, 1.165) is 22.6 Å². The first-order valence-corrected chi connectivity index (χ1v) is 7.68. The maximum Gasteiger partial charge on any atom is 0.335 e. The molecular formula is C19H17N3O3. The molecule has 0 fully saturated rings. The first-order valence-electron chi connectivity index (χ1n) is 7.68. The number of ether oxygens (including phenoxy) is 1. The molecule has 0 spiro atoms. The average molecular weight is 335 g/mol. The van der Waals surface area contributed by atoms with Crippen LogP contribution in [0.4, 0.5) is 5.82 Å². The number of anilines is 1. The van der Waals surface area contributed by atoms with Crippen molar-refractivity contribution < 1.29 is 14.6 Å². The van der Waals surface area contributed by atoms with Gasteiger partial charge in [0.25, 0.3) is 0 Å². The Kier molecular flexibility index (Phi) is 4.89. The molecule has 3 aromatic rings. The minimum atomic E-state index is -0.948. The van der Waals surface area contributed by atoms with Crippen LogP contribution >= 0.6 is 0 Å². The number of methoxy groups -OCH3 is 1. The van der Waals surface area contributed by atoms with Gasteiger partial charge in [0, 0.05) is 18.2 Å². The zero-order valence-electron chi connectivity index (χ0n) is 13.6. The molecule has 0 aliphatic heterocycles. The number of aromatic carboxylic acids is 1. The number of hydrogen-bond acceptors (Lipinski definition) is 5. The summed E-state index contributed by atoms with van der Waals surface area (Å²) in [5, 5.41) is 12.2. The third kappa shape index (κ3) is 4.11. The number of nitrogens with one attached hydrogen (secondary N) is 1. The van der Waals surface area contributed by atoms with E-state index in [9.17, 15) is 4.79 Å². The lowest BCUT2D eigenvalue weighted by Crippen LogP contribution is -2.02. The van der Waals surface area contributed by atoms with Crippen LogP contribution in [-0.4, -0.2) is 28.2 Å². The van der Waals surface area contributed by atoms with Gasteiger partial charge in [0.05, 0.1) is 18.4 Å². The lowest BCUT2D eigenvalue weighted by molar-refractivity contribution is 0.0697. The molecule has 0 atom stereocenters. The van der Waals surface area contributed by atoms with Crippen LogP contribution in [0, 0.1) is 0 Å². The molecular weight excluding hydrogens is 318 g/mol. The molecule has 0 bridgehead atoms. The maximum absolute atomic E-state index is 10.9. The van der Waals surface area contributed by atoms with Crippen LogP contribution in [0.5, 0.6) is 5.75 Å². The lowest BCUT2D eigenvalue weighted by atomic mass is 10.1. The molecule has 3 rings (SSSR count). The van der Waals surface area contributed by atoms with Crippen molar-refractivity contribution >= 4 is 11.8 Å². The number of carboxylic acid groups (broad SMARTS) is 1. The highest BCUT2D eigenvalue weighted by atomic mass is 16.5. The molecule has 2 N–H and O–H groups in total. The fourth-order valence-corrected chi connectivity index (χ4v) is 2.33. The van der Waals surface area contributed by atoms with Crippen LogP contribution in [-0.2, 0) is 6.54 Å². The summed E-state index contributed by atoms with van der Waals surface area (Å²) in [7, 11) is 1.64. The Morgan fingerprint density at radius 2 is 1.80 bits per heavy atom. The van der Waals surface area contributed by atoms with Gasteiger partial charge < -0.3 is 15.2 Å². The largest absolute Gasteiger partial charge is 0.497 e. The fourth-order valence-electron chi connectivity index (χ4n) is 2.33. The third-order valence-corrected chi connectivity index (χ3v) is 3.73. The molecule has 2 aromatic carbocycles. The zero-order chi connectivity index (χ0) is 17.6. The van der Waals surface area contributed by atoms with Gasteiger partial charge in [0.2, 0.25) is 0 Å². The standard InChI is InChI=1S/C19H17N3O3/c1-25-16-8-2-13(3-9-16)11-20-18-10-17(21-12-22-18)14-4-6-15(7-5-14)19(23)24/h2-10,12H,11H2,1H3,(H,23,24)(H,20,21,22). The van der Waals surface area contributed by atoms with Gasteiger partial charge in [0.1, 0.15) is 17.9 Å². The smallest absolute Gasteiger partial charge is 0.335 e. The van der Waals surface area contributed by atoms with Crippen molar-refractivity contribution in [1.29, 1.82) is 0 Å². The van der Waals surface area contributed by atoms with Crippen LogP contribution in [0.1, 0.15) is 15.9 Å². The summed E-state index contributed by atoms with van der Waals surface area (Å²) in [4.78, 5) is 19.4. The summed E-state index contributed by atoms with van der Waals surface area (Å²) in [5.74, 6) is 0.567. The molecule has 0 unspecified atom stereocenters. The van der Waals surface area contributed by atoms with Crippen LogP contribution < -0.4 is 10.1 Å². The first-order chi connectivity index (χ1) is 12.2. The van der Waals surface area contributed by atoms with E-state index in [1.807, 2.05) is 30.3 Å². The highest BCUT2D eigenvalue weighted by Gasteiger charge is 2.05. The SMILES string of the molecule is COc1ccc(CNc2cc(-c3ccc(C(=O)O)cc3)ncn2)cc1. The van der Waals surface area contributed by atoms with Gasteiger partial charge in [-0.1, -0.05) is 24.3 Å². The Balaban J connectivity index is 1.71. The maximum atomic E-state index is 10.9. The van der Waals surface area contributed by atoms with Gasteiger partial charge in [-0.15, -0.1) is 0 Å². The Labute approximate surface area is 145 Å².